The van der Waals surface area contributed by atoms with Crippen molar-refractivity contribution >= 4 is 41.0 Å². The SMILES string of the molecule is CC(=O)N1CCN(c2cc(Cl)nc(SCC(=O)NCCC(C)C)n2)C[C@H]1C. The Kier molecular flexibility index (Phi) is 8.16. The first kappa shape index (κ1) is 21.8. The van der Waals surface area contributed by atoms with Crippen LogP contribution in [0.5, 0.6) is 0 Å². The minimum Gasteiger partial charge on any atom is -0.355 e. The minimum absolute atomic E-state index is 0.0329. The van der Waals surface area contributed by atoms with E-state index in [9.17, 15) is 9.59 Å². The summed E-state index contributed by atoms with van der Waals surface area (Å²) in [7, 11) is 0. The number of nitrogens with one attached hydrogen (secondary N) is 1. The summed E-state index contributed by atoms with van der Waals surface area (Å²) in [6.45, 7) is 10.6. The summed E-state index contributed by atoms with van der Waals surface area (Å²) in [6.07, 6.45) is 0.957. The molecular formula is C18H28ClN5O2S. The normalized spacial score (nSPS) is 17.3. The van der Waals surface area contributed by atoms with Crippen LogP contribution in [0.1, 0.15) is 34.1 Å². The van der Waals surface area contributed by atoms with Gasteiger partial charge in [0.1, 0.15) is 11.0 Å². The molecule has 9 heteroatoms. The second-order valence-electron chi connectivity index (χ2n) is 7.16. The lowest BCUT2D eigenvalue weighted by Crippen LogP contribution is -2.53. The molecule has 0 unspecified atom stereocenters. The standard InChI is InChI=1S/C18H28ClN5O2S/c1-12(2)5-6-20-17(26)11-27-18-21-15(19)9-16(22-18)23-7-8-24(14(4)25)13(3)10-23/h9,12-13H,5-8,10-11H2,1-4H3,(H,20,26)/t13-/m1/s1. The largest absolute Gasteiger partial charge is 0.355 e. The predicted molar refractivity (Wildman–Crippen MR) is 109 cm³/mol. The third-order valence-electron chi connectivity index (χ3n) is 4.39. The molecule has 0 aromatic carbocycles. The van der Waals surface area contributed by atoms with Gasteiger partial charge in [0.15, 0.2) is 5.16 Å². The smallest absolute Gasteiger partial charge is 0.230 e. The molecule has 2 amide bonds. The van der Waals surface area contributed by atoms with Gasteiger partial charge in [0, 0.05) is 45.2 Å². The highest BCUT2D eigenvalue weighted by Gasteiger charge is 2.26. The zero-order chi connectivity index (χ0) is 20.0. The van der Waals surface area contributed by atoms with Crippen LogP contribution in [0.4, 0.5) is 5.82 Å². The van der Waals surface area contributed by atoms with Crippen LogP contribution in [0.2, 0.25) is 5.15 Å². The van der Waals surface area contributed by atoms with Crippen LogP contribution in [0.15, 0.2) is 11.2 Å². The van der Waals surface area contributed by atoms with Gasteiger partial charge >= 0.3 is 0 Å². The number of carbonyl (C=O) groups is 2. The van der Waals surface area contributed by atoms with Crippen LogP contribution >= 0.6 is 23.4 Å². The fourth-order valence-electron chi connectivity index (χ4n) is 2.93. The van der Waals surface area contributed by atoms with E-state index in [1.807, 2.05) is 11.8 Å². The number of halogens is 1. The number of aromatic nitrogens is 2. The molecule has 0 radical (unpaired) electrons. The van der Waals surface area contributed by atoms with Crippen LogP contribution < -0.4 is 10.2 Å². The summed E-state index contributed by atoms with van der Waals surface area (Å²) in [5, 5.41) is 3.74. The van der Waals surface area contributed by atoms with Gasteiger partial charge in [-0.15, -0.1) is 0 Å². The predicted octanol–water partition coefficient (Wildman–Crippen LogP) is 2.44. The Morgan fingerprint density at radius 2 is 2.11 bits per heavy atom. The van der Waals surface area contributed by atoms with Gasteiger partial charge in [-0.1, -0.05) is 37.2 Å². The Morgan fingerprint density at radius 1 is 1.37 bits per heavy atom. The van der Waals surface area contributed by atoms with E-state index in [1.165, 1.54) is 11.8 Å². The highest BCUT2D eigenvalue weighted by molar-refractivity contribution is 7.99. The molecule has 150 valence electrons. The van der Waals surface area contributed by atoms with E-state index in [2.05, 4.69) is 34.0 Å². The van der Waals surface area contributed by atoms with Crippen LogP contribution in [0, 0.1) is 5.92 Å². The molecule has 2 heterocycles. The first-order valence-corrected chi connectivity index (χ1v) is 10.6. The first-order chi connectivity index (χ1) is 12.8. The molecule has 0 saturated carbocycles. The Balaban J connectivity index is 1.94. The van der Waals surface area contributed by atoms with Crippen LogP contribution in [-0.2, 0) is 9.59 Å². The lowest BCUT2D eigenvalue weighted by Gasteiger charge is -2.40. The topological polar surface area (TPSA) is 78.4 Å². The van der Waals surface area contributed by atoms with E-state index in [1.54, 1.807) is 13.0 Å². The van der Waals surface area contributed by atoms with Crippen molar-refractivity contribution in [3.8, 4) is 0 Å². The lowest BCUT2D eigenvalue weighted by molar-refractivity contribution is -0.131. The number of hydrogen-bond donors (Lipinski definition) is 1. The Bertz CT molecular complexity index is 673. The van der Waals surface area contributed by atoms with Crippen LogP contribution in [0.25, 0.3) is 0 Å². The zero-order valence-electron chi connectivity index (χ0n) is 16.4. The van der Waals surface area contributed by atoms with E-state index in [-0.39, 0.29) is 23.6 Å². The molecule has 1 fully saturated rings. The van der Waals surface area contributed by atoms with E-state index in [0.29, 0.717) is 42.4 Å². The first-order valence-electron chi connectivity index (χ1n) is 9.22. The molecule has 0 bridgehead atoms. The Hall–Kier alpha value is -1.54. The van der Waals surface area contributed by atoms with Crippen molar-refractivity contribution in [1.29, 1.82) is 0 Å². The van der Waals surface area contributed by atoms with Gasteiger partial charge < -0.3 is 15.1 Å². The number of anilines is 1. The van der Waals surface area contributed by atoms with Crippen molar-refractivity contribution in [3.05, 3.63) is 11.2 Å². The van der Waals surface area contributed by atoms with Crippen LogP contribution in [-0.4, -0.2) is 64.7 Å². The molecule has 0 spiro atoms. The van der Waals surface area contributed by atoms with Gasteiger partial charge in [-0.25, -0.2) is 9.97 Å². The summed E-state index contributed by atoms with van der Waals surface area (Å²) < 4.78 is 0. The summed E-state index contributed by atoms with van der Waals surface area (Å²) in [5.74, 6) is 1.60. The monoisotopic (exact) mass is 413 g/mol. The van der Waals surface area contributed by atoms with Gasteiger partial charge in [0.25, 0.3) is 0 Å². The number of carbonyl (C=O) groups excluding carboxylic acids is 2. The maximum Gasteiger partial charge on any atom is 0.230 e. The number of thioether (sulfide) groups is 1. The molecular weight excluding hydrogens is 386 g/mol. The fourth-order valence-corrected chi connectivity index (χ4v) is 3.84. The average molecular weight is 414 g/mol. The third kappa shape index (κ3) is 6.84. The van der Waals surface area contributed by atoms with E-state index >= 15 is 0 Å². The summed E-state index contributed by atoms with van der Waals surface area (Å²) in [6, 6.07) is 1.83. The van der Waals surface area contributed by atoms with Crippen molar-refractivity contribution in [2.45, 2.75) is 45.3 Å². The number of hydrogen-bond acceptors (Lipinski definition) is 6. The number of rotatable bonds is 7. The van der Waals surface area contributed by atoms with Crippen molar-refractivity contribution in [2.24, 2.45) is 5.92 Å². The highest BCUT2D eigenvalue weighted by atomic mass is 35.5. The van der Waals surface area contributed by atoms with Gasteiger partial charge in [-0.05, 0) is 19.3 Å². The molecule has 27 heavy (non-hydrogen) atoms. The molecule has 0 aliphatic carbocycles. The lowest BCUT2D eigenvalue weighted by atomic mass is 10.1. The van der Waals surface area contributed by atoms with Crippen molar-refractivity contribution in [2.75, 3.05) is 36.8 Å². The van der Waals surface area contributed by atoms with Gasteiger partial charge in [-0.2, -0.15) is 0 Å². The Morgan fingerprint density at radius 3 is 2.74 bits per heavy atom. The molecule has 1 saturated heterocycles. The zero-order valence-corrected chi connectivity index (χ0v) is 17.9. The summed E-state index contributed by atoms with van der Waals surface area (Å²) in [4.78, 5) is 36.3. The molecule has 1 aromatic heterocycles. The van der Waals surface area contributed by atoms with Crippen molar-refractivity contribution in [3.63, 3.8) is 0 Å². The van der Waals surface area contributed by atoms with Crippen molar-refractivity contribution < 1.29 is 9.59 Å². The van der Waals surface area contributed by atoms with E-state index in [0.717, 1.165) is 12.2 Å². The maximum atomic E-state index is 11.9. The Labute approximate surface area is 170 Å². The summed E-state index contributed by atoms with van der Waals surface area (Å²) in [5.41, 5.74) is 0. The summed E-state index contributed by atoms with van der Waals surface area (Å²) >= 11 is 7.44. The van der Waals surface area contributed by atoms with Crippen molar-refractivity contribution in [1.82, 2.24) is 20.2 Å². The van der Waals surface area contributed by atoms with Gasteiger partial charge in [0.2, 0.25) is 11.8 Å². The van der Waals surface area contributed by atoms with E-state index < -0.39 is 0 Å². The molecule has 2 rings (SSSR count). The third-order valence-corrected chi connectivity index (χ3v) is 5.43. The second kappa shape index (κ2) is 10.1. The quantitative estimate of drug-likeness (QED) is 0.420. The maximum absolute atomic E-state index is 11.9. The van der Waals surface area contributed by atoms with Gasteiger partial charge in [-0.3, -0.25) is 9.59 Å². The van der Waals surface area contributed by atoms with Gasteiger partial charge in [0.05, 0.1) is 5.75 Å². The highest BCUT2D eigenvalue weighted by Crippen LogP contribution is 2.24. The minimum atomic E-state index is -0.0329. The van der Waals surface area contributed by atoms with Crippen LogP contribution in [0.3, 0.4) is 0 Å². The number of amides is 2. The second-order valence-corrected chi connectivity index (χ2v) is 8.49. The molecule has 1 N–H and O–H groups in total. The van der Waals surface area contributed by atoms with E-state index in [4.69, 9.17) is 11.6 Å². The molecule has 1 aromatic rings. The average Bonchev–Trinajstić information content (AvgIpc) is 2.58. The molecule has 7 nitrogen and oxygen atoms in total. The fraction of sp³-hybridized carbons (Fsp3) is 0.667. The molecule has 1 aliphatic rings. The number of nitrogens with zero attached hydrogens (tertiary/aromatic N) is 4. The molecule has 1 atom stereocenters. The molecule has 1 aliphatic heterocycles. The number of piperazine rings is 1.